The van der Waals surface area contributed by atoms with E-state index in [4.69, 9.17) is 9.84 Å². The number of rotatable bonds is 2. The Morgan fingerprint density at radius 1 is 1.76 bits per heavy atom. The number of aliphatic hydroxyl groups is 1. The number of halogens is 1. The van der Waals surface area contributed by atoms with Crippen molar-refractivity contribution in [3.8, 4) is 0 Å². The summed E-state index contributed by atoms with van der Waals surface area (Å²) >= 11 is 3.77. The van der Waals surface area contributed by atoms with Crippen LogP contribution in [0.1, 0.15) is 17.3 Å². The Kier molecular flexibility index (Phi) is 4.40. The lowest BCUT2D eigenvalue weighted by Crippen LogP contribution is -2.51. The second-order valence-corrected chi connectivity index (χ2v) is 6.89. The molecule has 1 aliphatic heterocycles. The van der Waals surface area contributed by atoms with E-state index >= 15 is 0 Å². The fraction of sp³-hybridized carbons (Fsp3) is 0.545. The summed E-state index contributed by atoms with van der Waals surface area (Å²) in [5.74, 6) is 0.0263. The normalized spacial score (nSPS) is 25.0. The van der Waals surface area contributed by atoms with E-state index in [2.05, 4.69) is 22.6 Å². The van der Waals surface area contributed by atoms with E-state index in [0.29, 0.717) is 13.2 Å². The van der Waals surface area contributed by atoms with Gasteiger partial charge in [0.15, 0.2) is 0 Å². The molecule has 0 radical (unpaired) electrons. The molecule has 0 bridgehead atoms. The van der Waals surface area contributed by atoms with Crippen molar-refractivity contribution in [2.45, 2.75) is 19.1 Å². The maximum absolute atomic E-state index is 12.3. The Morgan fingerprint density at radius 3 is 3.12 bits per heavy atom. The molecule has 4 nitrogen and oxygen atoms in total. The van der Waals surface area contributed by atoms with Gasteiger partial charge in [-0.2, -0.15) is 0 Å². The predicted molar refractivity (Wildman–Crippen MR) is 74.4 cm³/mol. The van der Waals surface area contributed by atoms with Crippen LogP contribution >= 0.6 is 33.9 Å². The highest BCUT2D eigenvalue weighted by molar-refractivity contribution is 14.1. The smallest absolute Gasteiger partial charge is 0.255 e. The van der Waals surface area contributed by atoms with Gasteiger partial charge >= 0.3 is 0 Å². The van der Waals surface area contributed by atoms with Crippen molar-refractivity contribution < 1.29 is 14.6 Å². The third-order valence-electron chi connectivity index (χ3n) is 2.78. The van der Waals surface area contributed by atoms with E-state index in [1.165, 1.54) is 0 Å². The lowest BCUT2D eigenvalue weighted by Gasteiger charge is -2.37. The number of carbonyl (C=O) groups excluding carboxylic acids is 1. The second kappa shape index (κ2) is 5.64. The van der Waals surface area contributed by atoms with Crippen LogP contribution in [0.25, 0.3) is 0 Å². The molecule has 1 aromatic rings. The quantitative estimate of drug-likeness (QED) is 0.808. The van der Waals surface area contributed by atoms with E-state index < -0.39 is 0 Å². The summed E-state index contributed by atoms with van der Waals surface area (Å²) in [6, 6.07) is 1.95. The summed E-state index contributed by atoms with van der Waals surface area (Å²) in [5, 5.41) is 11.0. The van der Waals surface area contributed by atoms with Gasteiger partial charge in [0.2, 0.25) is 0 Å². The molecule has 94 valence electrons. The van der Waals surface area contributed by atoms with Gasteiger partial charge in [-0.1, -0.05) is 0 Å². The first-order valence-electron chi connectivity index (χ1n) is 5.39. The molecule has 0 saturated carbocycles. The van der Waals surface area contributed by atoms with E-state index in [1.54, 1.807) is 16.2 Å². The van der Waals surface area contributed by atoms with Gasteiger partial charge in [-0.15, -0.1) is 11.3 Å². The zero-order chi connectivity index (χ0) is 12.4. The van der Waals surface area contributed by atoms with Gasteiger partial charge < -0.3 is 14.7 Å². The SMILES string of the molecule is CC1COC(CO)CN1C(=O)c1csc(I)c1. The number of nitrogens with zero attached hydrogens (tertiary/aromatic N) is 1. The lowest BCUT2D eigenvalue weighted by atomic mass is 10.1. The van der Waals surface area contributed by atoms with Crippen LogP contribution in [0, 0.1) is 2.88 Å². The monoisotopic (exact) mass is 367 g/mol. The van der Waals surface area contributed by atoms with Crippen LogP contribution in [0.3, 0.4) is 0 Å². The molecule has 1 saturated heterocycles. The van der Waals surface area contributed by atoms with Crippen LogP contribution in [0.4, 0.5) is 0 Å². The first kappa shape index (κ1) is 13.3. The third kappa shape index (κ3) is 2.98. The summed E-state index contributed by atoms with van der Waals surface area (Å²) in [6.07, 6.45) is -0.257. The van der Waals surface area contributed by atoms with Gasteiger partial charge in [0.05, 0.1) is 33.8 Å². The van der Waals surface area contributed by atoms with Gasteiger partial charge in [-0.25, -0.2) is 0 Å². The van der Waals surface area contributed by atoms with Crippen LogP contribution in [-0.4, -0.2) is 47.8 Å². The second-order valence-electron chi connectivity index (χ2n) is 4.08. The van der Waals surface area contributed by atoms with Gasteiger partial charge in [0, 0.05) is 11.9 Å². The molecule has 17 heavy (non-hydrogen) atoms. The summed E-state index contributed by atoms with van der Waals surface area (Å²) in [7, 11) is 0. The van der Waals surface area contributed by atoms with Gasteiger partial charge in [0.25, 0.3) is 5.91 Å². The van der Waals surface area contributed by atoms with Crippen molar-refractivity contribution in [2.75, 3.05) is 19.8 Å². The molecular weight excluding hydrogens is 353 g/mol. The largest absolute Gasteiger partial charge is 0.394 e. The Balaban J connectivity index is 2.12. The molecule has 0 aliphatic carbocycles. The molecule has 2 unspecified atom stereocenters. The standard InChI is InChI=1S/C11H14INO3S/c1-7-5-16-9(4-14)3-13(7)11(15)8-2-10(12)17-6-8/h2,6-7,9,14H,3-5H2,1H3. The van der Waals surface area contributed by atoms with Crippen molar-refractivity contribution in [3.05, 3.63) is 19.9 Å². The highest BCUT2D eigenvalue weighted by Gasteiger charge is 2.30. The number of ether oxygens (including phenoxy) is 1. The van der Waals surface area contributed by atoms with Crippen molar-refractivity contribution >= 4 is 39.8 Å². The van der Waals surface area contributed by atoms with Crippen LogP contribution in [0.15, 0.2) is 11.4 Å². The number of hydrogen-bond acceptors (Lipinski definition) is 4. The lowest BCUT2D eigenvalue weighted by molar-refractivity contribution is -0.0667. The van der Waals surface area contributed by atoms with Gasteiger partial charge in [-0.05, 0) is 35.6 Å². The maximum atomic E-state index is 12.3. The van der Waals surface area contributed by atoms with E-state index in [-0.39, 0.29) is 24.7 Å². The van der Waals surface area contributed by atoms with Crippen LogP contribution < -0.4 is 0 Å². The molecule has 1 N–H and O–H groups in total. The minimum atomic E-state index is -0.257. The molecule has 1 amide bonds. The number of carbonyl (C=O) groups is 1. The van der Waals surface area contributed by atoms with Crippen LogP contribution in [0.2, 0.25) is 0 Å². The van der Waals surface area contributed by atoms with Gasteiger partial charge in [-0.3, -0.25) is 4.79 Å². The summed E-state index contributed by atoms with van der Waals surface area (Å²) in [6.45, 7) is 2.86. The van der Waals surface area contributed by atoms with E-state index in [1.807, 2.05) is 18.4 Å². The average molecular weight is 367 g/mol. The summed E-state index contributed by atoms with van der Waals surface area (Å²) in [4.78, 5) is 14.1. The van der Waals surface area contributed by atoms with Gasteiger partial charge in [0.1, 0.15) is 0 Å². The number of amides is 1. The van der Waals surface area contributed by atoms with E-state index in [0.717, 1.165) is 8.45 Å². The summed E-state index contributed by atoms with van der Waals surface area (Å²) in [5.41, 5.74) is 0.727. The molecule has 2 heterocycles. The predicted octanol–water partition coefficient (Wildman–Crippen LogP) is 1.57. The molecule has 2 atom stereocenters. The minimum Gasteiger partial charge on any atom is -0.394 e. The molecule has 0 spiro atoms. The van der Waals surface area contributed by atoms with Crippen molar-refractivity contribution in [1.82, 2.24) is 4.90 Å². The number of hydrogen-bond donors (Lipinski definition) is 1. The average Bonchev–Trinajstić information content (AvgIpc) is 2.76. The first-order chi connectivity index (χ1) is 8.11. The fourth-order valence-corrected chi connectivity index (χ4v) is 3.12. The van der Waals surface area contributed by atoms with Crippen LogP contribution in [-0.2, 0) is 4.74 Å². The first-order valence-corrected chi connectivity index (χ1v) is 7.35. The summed E-state index contributed by atoms with van der Waals surface area (Å²) < 4.78 is 6.52. The highest BCUT2D eigenvalue weighted by atomic mass is 127. The van der Waals surface area contributed by atoms with Crippen molar-refractivity contribution in [1.29, 1.82) is 0 Å². The molecule has 1 aromatic heterocycles. The Hall–Kier alpha value is -0.180. The molecule has 1 aliphatic rings. The number of morpholine rings is 1. The zero-order valence-corrected chi connectivity index (χ0v) is 12.4. The fourth-order valence-electron chi connectivity index (χ4n) is 1.80. The maximum Gasteiger partial charge on any atom is 0.255 e. The molecule has 2 rings (SSSR count). The molecule has 6 heteroatoms. The Labute approximate surface area is 118 Å². The number of aliphatic hydroxyl groups excluding tert-OH is 1. The highest BCUT2D eigenvalue weighted by Crippen LogP contribution is 2.21. The third-order valence-corrected chi connectivity index (χ3v) is 4.57. The minimum absolute atomic E-state index is 0.0263. The molecule has 0 aromatic carbocycles. The zero-order valence-electron chi connectivity index (χ0n) is 9.43. The molecule has 1 fully saturated rings. The Bertz CT molecular complexity index is 409. The van der Waals surface area contributed by atoms with Crippen LogP contribution in [0.5, 0.6) is 0 Å². The number of thiophene rings is 1. The van der Waals surface area contributed by atoms with Crippen molar-refractivity contribution in [2.24, 2.45) is 0 Å². The van der Waals surface area contributed by atoms with E-state index in [9.17, 15) is 4.79 Å². The Morgan fingerprint density at radius 2 is 2.53 bits per heavy atom. The topological polar surface area (TPSA) is 49.8 Å². The van der Waals surface area contributed by atoms with Crippen molar-refractivity contribution in [3.63, 3.8) is 0 Å². The molecular formula is C11H14INO3S.